The Labute approximate surface area is 139 Å². The van der Waals surface area contributed by atoms with E-state index < -0.39 is 0 Å². The number of carbonyl (C=O) groups excluding carboxylic acids is 3. The Morgan fingerprint density at radius 3 is 2.41 bits per heavy atom. The summed E-state index contributed by atoms with van der Waals surface area (Å²) in [6, 6.07) is 0. The molecular weight excluding hydrogens is 297 g/mol. The van der Waals surface area contributed by atoms with Crippen LogP contribution >= 0.6 is 11.6 Å². The smallest absolute Gasteiger partial charge is 0.234 e. The summed E-state index contributed by atoms with van der Waals surface area (Å²) in [5, 5.41) is 0. The molecule has 0 saturated carbocycles. The third kappa shape index (κ3) is 4.37. The van der Waals surface area contributed by atoms with Crippen LogP contribution in [0.15, 0.2) is 0 Å². The maximum absolute atomic E-state index is 12.6. The monoisotopic (exact) mass is 325 g/mol. The first-order valence-corrected chi connectivity index (χ1v) is 9.53. The van der Waals surface area contributed by atoms with Gasteiger partial charge in [-0.1, -0.05) is 20.3 Å². The first kappa shape index (κ1) is 19.3. The van der Waals surface area contributed by atoms with E-state index in [-0.39, 0.29) is 28.3 Å². The highest BCUT2D eigenvalue weighted by Gasteiger charge is 2.48. The molecule has 6 heteroatoms. The molecule has 1 unspecified atom stereocenters. The Hall–Kier alpha value is -0.775. The fourth-order valence-corrected chi connectivity index (χ4v) is 4.37. The maximum Gasteiger partial charge on any atom is 0.234 e. The second-order valence-electron chi connectivity index (χ2n) is 6.13. The summed E-state index contributed by atoms with van der Waals surface area (Å²) in [5.74, 6) is 0.00256. The van der Waals surface area contributed by atoms with Crippen molar-refractivity contribution in [3.05, 3.63) is 0 Å². The standard InChI is InChI=1S/C16H28BNO3S/c1-4-16(5-2,22-17)13-11-14(20)18(15(13)21)10-8-6-7-9-12(3)19/h13H,4-11,17H2,1-3H3. The van der Waals surface area contributed by atoms with E-state index in [1.807, 2.05) is 7.12 Å². The normalized spacial score (nSPS) is 19.0. The Balaban J connectivity index is 2.59. The highest BCUT2D eigenvalue weighted by molar-refractivity contribution is 8.20. The molecule has 1 saturated heterocycles. The second kappa shape index (κ2) is 8.75. The number of imide groups is 1. The second-order valence-corrected chi connectivity index (χ2v) is 7.35. The van der Waals surface area contributed by atoms with Gasteiger partial charge in [0.15, 0.2) is 7.12 Å². The maximum atomic E-state index is 12.6. The molecule has 0 aromatic carbocycles. The van der Waals surface area contributed by atoms with Crippen LogP contribution in [0, 0.1) is 5.92 Å². The van der Waals surface area contributed by atoms with Crippen LogP contribution in [-0.2, 0) is 14.4 Å². The zero-order valence-electron chi connectivity index (χ0n) is 14.3. The fraction of sp³-hybridized carbons (Fsp3) is 0.812. The van der Waals surface area contributed by atoms with Crippen molar-refractivity contribution in [2.75, 3.05) is 6.54 Å². The van der Waals surface area contributed by atoms with Gasteiger partial charge in [-0.2, -0.15) is 0 Å². The molecule has 0 aliphatic carbocycles. The number of Topliss-reactive ketones (excluding diaryl/α,β-unsaturated/α-hetero) is 1. The van der Waals surface area contributed by atoms with Crippen molar-refractivity contribution in [1.82, 2.24) is 4.90 Å². The summed E-state index contributed by atoms with van der Waals surface area (Å²) in [4.78, 5) is 37.2. The van der Waals surface area contributed by atoms with Gasteiger partial charge >= 0.3 is 0 Å². The summed E-state index contributed by atoms with van der Waals surface area (Å²) in [7, 11) is 2.04. The summed E-state index contributed by atoms with van der Waals surface area (Å²) in [5.41, 5.74) is 0. The molecule has 22 heavy (non-hydrogen) atoms. The van der Waals surface area contributed by atoms with Crippen molar-refractivity contribution in [1.29, 1.82) is 0 Å². The number of nitrogens with zero attached hydrogens (tertiary/aromatic N) is 1. The number of carbonyl (C=O) groups is 3. The molecule has 1 atom stereocenters. The summed E-state index contributed by atoms with van der Waals surface area (Å²) >= 11 is 1.72. The van der Waals surface area contributed by atoms with Gasteiger partial charge < -0.3 is 4.79 Å². The molecule has 1 rings (SSSR count). The highest BCUT2D eigenvalue weighted by Crippen LogP contribution is 2.43. The van der Waals surface area contributed by atoms with Crippen LogP contribution in [0.4, 0.5) is 0 Å². The molecular formula is C16H28BNO3S. The van der Waals surface area contributed by atoms with Gasteiger partial charge in [-0.15, -0.1) is 0 Å². The van der Waals surface area contributed by atoms with E-state index in [1.54, 1.807) is 18.5 Å². The van der Waals surface area contributed by atoms with Crippen molar-refractivity contribution in [2.45, 2.75) is 70.5 Å². The number of rotatable bonds is 10. The lowest BCUT2D eigenvalue weighted by Crippen LogP contribution is -2.40. The van der Waals surface area contributed by atoms with Gasteiger partial charge in [0.1, 0.15) is 5.78 Å². The molecule has 1 aliphatic heterocycles. The predicted molar refractivity (Wildman–Crippen MR) is 93.4 cm³/mol. The Morgan fingerprint density at radius 1 is 1.27 bits per heavy atom. The van der Waals surface area contributed by atoms with Crippen LogP contribution in [0.25, 0.3) is 0 Å². The summed E-state index contributed by atoms with van der Waals surface area (Å²) in [6.07, 6.45) is 5.27. The third-order valence-electron chi connectivity index (χ3n) is 4.89. The fourth-order valence-electron chi connectivity index (χ4n) is 3.32. The molecule has 124 valence electrons. The number of hydrogen-bond donors (Lipinski definition) is 0. The van der Waals surface area contributed by atoms with Crippen LogP contribution in [0.5, 0.6) is 0 Å². The Bertz CT molecular complexity index is 415. The zero-order valence-corrected chi connectivity index (χ0v) is 15.1. The van der Waals surface area contributed by atoms with Gasteiger partial charge in [0.25, 0.3) is 0 Å². The minimum atomic E-state index is -0.179. The number of amides is 2. The lowest BCUT2D eigenvalue weighted by Gasteiger charge is -2.35. The molecule has 0 bridgehead atoms. The van der Waals surface area contributed by atoms with Crippen LogP contribution in [0.1, 0.15) is 65.7 Å². The minimum Gasteiger partial charge on any atom is -0.300 e. The molecule has 1 heterocycles. The Morgan fingerprint density at radius 2 is 1.91 bits per heavy atom. The van der Waals surface area contributed by atoms with Gasteiger partial charge in [0.2, 0.25) is 11.8 Å². The van der Waals surface area contributed by atoms with E-state index in [0.29, 0.717) is 19.4 Å². The van der Waals surface area contributed by atoms with E-state index in [9.17, 15) is 14.4 Å². The zero-order chi connectivity index (χ0) is 16.8. The minimum absolute atomic E-state index is 0.00891. The number of unbranched alkanes of at least 4 members (excludes halogenated alkanes) is 2. The molecule has 1 fully saturated rings. The highest BCUT2D eigenvalue weighted by atomic mass is 32.2. The summed E-state index contributed by atoms with van der Waals surface area (Å²) in [6.45, 7) is 6.30. The topological polar surface area (TPSA) is 54.5 Å². The first-order chi connectivity index (χ1) is 10.4. The Kier molecular flexibility index (Phi) is 7.67. The van der Waals surface area contributed by atoms with Crippen molar-refractivity contribution < 1.29 is 14.4 Å². The quantitative estimate of drug-likeness (QED) is 0.351. The van der Waals surface area contributed by atoms with Crippen LogP contribution in [0.3, 0.4) is 0 Å². The molecule has 0 radical (unpaired) electrons. The number of ketones is 1. The van der Waals surface area contributed by atoms with Gasteiger partial charge in [0.05, 0.1) is 5.92 Å². The van der Waals surface area contributed by atoms with Crippen molar-refractivity contribution in [2.24, 2.45) is 5.92 Å². The molecule has 0 spiro atoms. The van der Waals surface area contributed by atoms with Gasteiger partial charge in [-0.3, -0.25) is 14.5 Å². The van der Waals surface area contributed by atoms with E-state index in [1.165, 1.54) is 4.90 Å². The van der Waals surface area contributed by atoms with E-state index in [4.69, 9.17) is 0 Å². The van der Waals surface area contributed by atoms with Crippen LogP contribution in [-0.4, -0.2) is 40.9 Å². The van der Waals surface area contributed by atoms with Crippen molar-refractivity contribution in [3.8, 4) is 0 Å². The lowest BCUT2D eigenvalue weighted by atomic mass is 9.85. The third-order valence-corrected chi connectivity index (χ3v) is 6.57. The van der Waals surface area contributed by atoms with Crippen LogP contribution in [0.2, 0.25) is 0 Å². The lowest BCUT2D eigenvalue weighted by molar-refractivity contribution is -0.139. The first-order valence-electron chi connectivity index (χ1n) is 8.30. The SMILES string of the molecule is BSC(CC)(CC)C1CC(=O)N(CCCCCC(C)=O)C1=O. The molecule has 0 aromatic rings. The molecule has 0 N–H and O–H groups in total. The van der Waals surface area contributed by atoms with Gasteiger partial charge in [-0.05, 0) is 32.6 Å². The van der Waals surface area contributed by atoms with Gasteiger partial charge in [0, 0.05) is 24.1 Å². The van der Waals surface area contributed by atoms with Crippen LogP contribution < -0.4 is 0 Å². The number of hydrogen-bond acceptors (Lipinski definition) is 4. The van der Waals surface area contributed by atoms with Crippen molar-refractivity contribution >= 4 is 36.3 Å². The average Bonchev–Trinajstić information content (AvgIpc) is 2.77. The van der Waals surface area contributed by atoms with E-state index in [2.05, 4.69) is 13.8 Å². The molecule has 1 aliphatic rings. The molecule has 0 aromatic heterocycles. The molecule has 2 amide bonds. The van der Waals surface area contributed by atoms with Crippen molar-refractivity contribution in [3.63, 3.8) is 0 Å². The van der Waals surface area contributed by atoms with E-state index >= 15 is 0 Å². The molecule has 4 nitrogen and oxygen atoms in total. The summed E-state index contributed by atoms with van der Waals surface area (Å²) < 4.78 is -0.115. The number of likely N-dealkylation sites (tertiary alicyclic amines) is 1. The predicted octanol–water partition coefficient (Wildman–Crippen LogP) is 2.35. The van der Waals surface area contributed by atoms with E-state index in [0.717, 1.165) is 32.1 Å². The van der Waals surface area contributed by atoms with Gasteiger partial charge in [-0.25, -0.2) is 11.6 Å². The average molecular weight is 325 g/mol. The largest absolute Gasteiger partial charge is 0.300 e.